The summed E-state index contributed by atoms with van der Waals surface area (Å²) >= 11 is 1.85. The number of anilines is 1. The summed E-state index contributed by atoms with van der Waals surface area (Å²) in [6.07, 6.45) is 4.80. The summed E-state index contributed by atoms with van der Waals surface area (Å²) in [6, 6.07) is 6.80. The molecule has 0 saturated carbocycles. The van der Waals surface area contributed by atoms with Crippen molar-refractivity contribution >= 4 is 17.0 Å². The highest BCUT2D eigenvalue weighted by atomic mass is 32.1. The molecule has 0 aliphatic carbocycles. The lowest BCUT2D eigenvalue weighted by Gasteiger charge is -2.09. The third-order valence-corrected chi connectivity index (χ3v) is 3.85. The molecule has 19 heavy (non-hydrogen) atoms. The first kappa shape index (κ1) is 15.7. The van der Waals surface area contributed by atoms with Crippen molar-refractivity contribution in [3.63, 3.8) is 0 Å². The van der Waals surface area contributed by atoms with Crippen LogP contribution in [0.4, 0.5) is 5.69 Å². The van der Waals surface area contributed by atoms with Crippen LogP contribution in [-0.2, 0) is 6.42 Å². The van der Waals surface area contributed by atoms with Crippen molar-refractivity contribution in [2.24, 2.45) is 0 Å². The maximum absolute atomic E-state index is 4.17. The molecular weight excluding hydrogens is 252 g/mol. The van der Waals surface area contributed by atoms with Gasteiger partial charge in [0, 0.05) is 39.4 Å². The summed E-state index contributed by atoms with van der Waals surface area (Å²) in [5, 5.41) is 3.50. The zero-order valence-electron chi connectivity index (χ0n) is 12.5. The van der Waals surface area contributed by atoms with Crippen molar-refractivity contribution in [1.29, 1.82) is 0 Å². The molecule has 2 nitrogen and oxygen atoms in total. The molecule has 0 aromatic carbocycles. The van der Waals surface area contributed by atoms with Gasteiger partial charge >= 0.3 is 0 Å². The highest BCUT2D eigenvalue weighted by Gasteiger charge is 2.09. The van der Waals surface area contributed by atoms with Gasteiger partial charge in [0.25, 0.3) is 0 Å². The molecule has 0 spiro atoms. The normalized spacial score (nSPS) is 10.0. The van der Waals surface area contributed by atoms with Crippen LogP contribution in [0.1, 0.15) is 39.5 Å². The van der Waals surface area contributed by atoms with Crippen molar-refractivity contribution < 1.29 is 0 Å². The van der Waals surface area contributed by atoms with Gasteiger partial charge in [0.05, 0.1) is 0 Å². The molecule has 0 aliphatic rings. The van der Waals surface area contributed by atoms with Crippen LogP contribution in [0.2, 0.25) is 0 Å². The van der Waals surface area contributed by atoms with Gasteiger partial charge in [-0.2, -0.15) is 0 Å². The van der Waals surface area contributed by atoms with Crippen molar-refractivity contribution in [2.75, 3.05) is 5.32 Å². The Morgan fingerprint density at radius 1 is 1.32 bits per heavy atom. The molecule has 0 unspecified atom stereocenters. The average Bonchev–Trinajstić information content (AvgIpc) is 2.84. The molecule has 3 heteroatoms. The minimum atomic E-state index is 0.469. The first-order chi connectivity index (χ1) is 9.20. The van der Waals surface area contributed by atoms with E-state index in [1.54, 1.807) is 0 Å². The quantitative estimate of drug-likeness (QED) is 0.828. The van der Waals surface area contributed by atoms with Gasteiger partial charge < -0.3 is 5.32 Å². The van der Waals surface area contributed by atoms with Crippen LogP contribution in [0.25, 0.3) is 10.4 Å². The van der Waals surface area contributed by atoms with Gasteiger partial charge in [0.2, 0.25) is 0 Å². The van der Waals surface area contributed by atoms with Crippen LogP contribution >= 0.6 is 11.3 Å². The van der Waals surface area contributed by atoms with Gasteiger partial charge in [-0.15, -0.1) is 11.3 Å². The molecule has 0 saturated heterocycles. The Morgan fingerprint density at radius 3 is 2.58 bits per heavy atom. The second-order valence-corrected chi connectivity index (χ2v) is 5.48. The second kappa shape index (κ2) is 7.95. The summed E-state index contributed by atoms with van der Waals surface area (Å²) in [6.45, 7) is 10.5. The topological polar surface area (TPSA) is 24.9 Å². The van der Waals surface area contributed by atoms with Crippen LogP contribution in [0.5, 0.6) is 0 Å². The monoisotopic (exact) mass is 276 g/mol. The summed E-state index contributed by atoms with van der Waals surface area (Å²) < 4.78 is 0. The fraction of sp³-hybridized carbons (Fsp3) is 0.438. The third kappa shape index (κ3) is 4.35. The molecule has 0 radical (unpaired) electrons. The number of aryl methyl sites for hydroxylation is 1. The Kier molecular flexibility index (Phi) is 6.57. The molecule has 2 rings (SSSR count). The largest absolute Gasteiger partial charge is 0.382 e. The van der Waals surface area contributed by atoms with Crippen molar-refractivity contribution in [3.05, 3.63) is 35.5 Å². The fourth-order valence-corrected chi connectivity index (χ4v) is 2.83. The van der Waals surface area contributed by atoms with E-state index < -0.39 is 0 Å². The molecule has 2 aromatic heterocycles. The average molecular weight is 276 g/mol. The lowest BCUT2D eigenvalue weighted by atomic mass is 10.2. The SMILES string of the molecule is CC.CCc1sc(-c2cccnc2)cc1NC(C)C. The number of pyridine rings is 1. The summed E-state index contributed by atoms with van der Waals surface area (Å²) in [5.41, 5.74) is 2.47. The van der Waals surface area contributed by atoms with Gasteiger partial charge in [0.1, 0.15) is 0 Å². The van der Waals surface area contributed by atoms with Gasteiger partial charge in [-0.1, -0.05) is 26.8 Å². The first-order valence-electron chi connectivity index (χ1n) is 7.00. The van der Waals surface area contributed by atoms with Crippen LogP contribution in [0.15, 0.2) is 30.6 Å². The highest BCUT2D eigenvalue weighted by molar-refractivity contribution is 7.16. The highest BCUT2D eigenvalue weighted by Crippen LogP contribution is 2.35. The predicted molar refractivity (Wildman–Crippen MR) is 87.0 cm³/mol. The van der Waals surface area contributed by atoms with Crippen molar-refractivity contribution in [3.8, 4) is 10.4 Å². The number of aromatic nitrogens is 1. The van der Waals surface area contributed by atoms with Crippen molar-refractivity contribution in [2.45, 2.75) is 47.1 Å². The zero-order chi connectivity index (χ0) is 14.3. The molecular formula is C16H24N2S. The number of nitrogens with zero attached hydrogens (tertiary/aromatic N) is 1. The van der Waals surface area contributed by atoms with Gasteiger partial charge in [-0.25, -0.2) is 0 Å². The predicted octanol–water partition coefficient (Wildman–Crippen LogP) is 5.22. The molecule has 0 bridgehead atoms. The molecule has 0 aliphatic heterocycles. The molecule has 0 fully saturated rings. The number of nitrogens with one attached hydrogen (secondary N) is 1. The van der Waals surface area contributed by atoms with Gasteiger partial charge in [-0.3, -0.25) is 4.98 Å². The minimum Gasteiger partial charge on any atom is -0.382 e. The summed E-state index contributed by atoms with van der Waals surface area (Å²) in [7, 11) is 0. The van der Waals surface area contributed by atoms with Gasteiger partial charge in [0.15, 0.2) is 0 Å². The molecule has 104 valence electrons. The Balaban J connectivity index is 0.000000861. The molecule has 0 atom stereocenters. The number of hydrogen-bond acceptors (Lipinski definition) is 3. The van der Waals surface area contributed by atoms with E-state index in [1.807, 2.05) is 43.6 Å². The van der Waals surface area contributed by atoms with Crippen LogP contribution in [-0.4, -0.2) is 11.0 Å². The van der Waals surface area contributed by atoms with Crippen molar-refractivity contribution in [1.82, 2.24) is 4.98 Å². The number of rotatable bonds is 4. The smallest absolute Gasteiger partial charge is 0.0489 e. The fourth-order valence-electron chi connectivity index (χ4n) is 1.78. The van der Waals surface area contributed by atoms with Gasteiger partial charge in [-0.05, 0) is 32.4 Å². The van der Waals surface area contributed by atoms with E-state index in [4.69, 9.17) is 0 Å². The van der Waals surface area contributed by atoms with Crippen LogP contribution < -0.4 is 5.32 Å². The molecule has 1 N–H and O–H groups in total. The minimum absolute atomic E-state index is 0.469. The Bertz CT molecular complexity index is 475. The summed E-state index contributed by atoms with van der Waals surface area (Å²) in [4.78, 5) is 6.88. The standard InChI is InChI=1S/C14H18N2S.C2H6/c1-4-13-12(16-10(2)3)8-14(17-13)11-6-5-7-15-9-11;1-2/h5-10,16H,4H2,1-3H3;1-2H3. The molecule has 0 amide bonds. The lowest BCUT2D eigenvalue weighted by Crippen LogP contribution is -2.09. The van der Waals surface area contributed by atoms with E-state index in [9.17, 15) is 0 Å². The Hall–Kier alpha value is -1.35. The maximum atomic E-state index is 4.17. The zero-order valence-corrected chi connectivity index (χ0v) is 13.3. The van der Waals surface area contributed by atoms with E-state index in [-0.39, 0.29) is 0 Å². The van der Waals surface area contributed by atoms with E-state index in [0.717, 1.165) is 6.42 Å². The van der Waals surface area contributed by atoms with Crippen LogP contribution in [0, 0.1) is 0 Å². The van der Waals surface area contributed by atoms with E-state index in [2.05, 4.69) is 43.2 Å². The first-order valence-corrected chi connectivity index (χ1v) is 7.82. The van der Waals surface area contributed by atoms with E-state index >= 15 is 0 Å². The summed E-state index contributed by atoms with van der Waals surface area (Å²) in [5.74, 6) is 0. The second-order valence-electron chi connectivity index (χ2n) is 4.34. The number of hydrogen-bond donors (Lipinski definition) is 1. The molecule has 2 heterocycles. The third-order valence-electron chi connectivity index (χ3n) is 2.52. The maximum Gasteiger partial charge on any atom is 0.0489 e. The lowest BCUT2D eigenvalue weighted by molar-refractivity contribution is 0.897. The van der Waals surface area contributed by atoms with Crippen LogP contribution in [0.3, 0.4) is 0 Å². The Morgan fingerprint density at radius 2 is 2.05 bits per heavy atom. The molecule has 2 aromatic rings. The van der Waals surface area contributed by atoms with E-state index in [0.29, 0.717) is 6.04 Å². The number of thiophene rings is 1. The Labute approximate surface area is 120 Å². The van der Waals surface area contributed by atoms with E-state index in [1.165, 1.54) is 21.0 Å².